The number of oxazole rings is 1. The molecule has 0 spiro atoms. The van der Waals surface area contributed by atoms with Crippen LogP contribution in [-0.4, -0.2) is 36.2 Å². The average molecular weight is 346 g/mol. The summed E-state index contributed by atoms with van der Waals surface area (Å²) in [6.07, 6.45) is 0.644. The molecule has 0 radical (unpaired) electrons. The number of guanidine groups is 1. The molecule has 0 saturated heterocycles. The number of hydrogen-bond donors (Lipinski definition) is 3. The summed E-state index contributed by atoms with van der Waals surface area (Å²) in [5.41, 5.74) is 1.71. The maximum absolute atomic E-state index is 10.1. The largest absolute Gasteiger partial charge is 0.504 e. The number of methoxy groups -OCH3 is 1. The van der Waals surface area contributed by atoms with Crippen LogP contribution in [0.5, 0.6) is 11.5 Å². The molecule has 0 unspecified atom stereocenters. The molecule has 0 fully saturated rings. The normalized spacial score (nSPS) is 11.4. The number of phenolic OH excluding ortho intramolecular Hbond substituents is 1. The summed E-state index contributed by atoms with van der Waals surface area (Å²) in [6, 6.07) is 5.47. The Hall–Kier alpha value is -2.70. The molecule has 0 aliphatic rings. The van der Waals surface area contributed by atoms with Crippen molar-refractivity contribution in [3.8, 4) is 11.5 Å². The van der Waals surface area contributed by atoms with Gasteiger partial charge >= 0.3 is 0 Å². The predicted molar refractivity (Wildman–Crippen MR) is 97.2 cm³/mol. The van der Waals surface area contributed by atoms with E-state index in [0.29, 0.717) is 37.1 Å². The fraction of sp³-hybridized carbons (Fsp3) is 0.444. The number of nitrogens with one attached hydrogen (secondary N) is 2. The van der Waals surface area contributed by atoms with Gasteiger partial charge in [0.25, 0.3) is 0 Å². The molecule has 136 valence electrons. The van der Waals surface area contributed by atoms with Gasteiger partial charge in [-0.1, -0.05) is 12.1 Å². The molecule has 1 aromatic carbocycles. The second-order valence-electron chi connectivity index (χ2n) is 5.59. The molecule has 1 heterocycles. The lowest BCUT2D eigenvalue weighted by Crippen LogP contribution is -2.38. The minimum Gasteiger partial charge on any atom is -0.504 e. The van der Waals surface area contributed by atoms with Crippen molar-refractivity contribution in [1.82, 2.24) is 15.6 Å². The summed E-state index contributed by atoms with van der Waals surface area (Å²) in [4.78, 5) is 8.80. The van der Waals surface area contributed by atoms with Crippen molar-refractivity contribution in [2.45, 2.75) is 33.7 Å². The van der Waals surface area contributed by atoms with Crippen molar-refractivity contribution < 1.29 is 14.3 Å². The molecule has 7 heteroatoms. The topological polar surface area (TPSA) is 91.9 Å². The number of rotatable bonds is 7. The van der Waals surface area contributed by atoms with Crippen LogP contribution < -0.4 is 15.4 Å². The molecule has 7 nitrogen and oxygen atoms in total. The van der Waals surface area contributed by atoms with Crippen molar-refractivity contribution in [2.75, 3.05) is 20.2 Å². The van der Waals surface area contributed by atoms with Gasteiger partial charge in [-0.2, -0.15) is 0 Å². The second kappa shape index (κ2) is 8.96. The molecule has 2 aromatic rings. The van der Waals surface area contributed by atoms with Gasteiger partial charge in [0.05, 0.1) is 12.8 Å². The van der Waals surface area contributed by atoms with E-state index in [1.807, 2.05) is 32.9 Å². The summed E-state index contributed by atoms with van der Waals surface area (Å²) in [7, 11) is 1.54. The number of phenols is 1. The highest BCUT2D eigenvalue weighted by molar-refractivity contribution is 5.79. The van der Waals surface area contributed by atoms with Gasteiger partial charge in [-0.15, -0.1) is 0 Å². The van der Waals surface area contributed by atoms with Crippen LogP contribution in [-0.2, 0) is 13.0 Å². The zero-order valence-electron chi connectivity index (χ0n) is 15.2. The minimum absolute atomic E-state index is 0.180. The van der Waals surface area contributed by atoms with Gasteiger partial charge in [-0.05, 0) is 38.8 Å². The van der Waals surface area contributed by atoms with E-state index >= 15 is 0 Å². The molecule has 0 aliphatic heterocycles. The van der Waals surface area contributed by atoms with E-state index in [1.54, 1.807) is 13.2 Å². The molecule has 25 heavy (non-hydrogen) atoms. The highest BCUT2D eigenvalue weighted by Crippen LogP contribution is 2.29. The number of aromatic hydroxyl groups is 1. The van der Waals surface area contributed by atoms with Crippen LogP contribution in [0.4, 0.5) is 0 Å². The summed E-state index contributed by atoms with van der Waals surface area (Å²) in [6.45, 7) is 7.55. The fourth-order valence-corrected chi connectivity index (χ4v) is 2.35. The fourth-order valence-electron chi connectivity index (χ4n) is 2.35. The van der Waals surface area contributed by atoms with Crippen LogP contribution in [0.1, 0.15) is 29.8 Å². The van der Waals surface area contributed by atoms with E-state index in [-0.39, 0.29) is 5.75 Å². The smallest absolute Gasteiger partial charge is 0.216 e. The number of nitrogens with zero attached hydrogens (tertiary/aromatic N) is 2. The van der Waals surface area contributed by atoms with Crippen LogP contribution in [0, 0.1) is 13.8 Å². The maximum Gasteiger partial charge on any atom is 0.216 e. The Kier molecular flexibility index (Phi) is 6.68. The Morgan fingerprint density at radius 2 is 2.12 bits per heavy atom. The van der Waals surface area contributed by atoms with Crippen molar-refractivity contribution in [3.05, 3.63) is 41.1 Å². The van der Waals surface area contributed by atoms with Gasteiger partial charge < -0.3 is 24.9 Å². The zero-order valence-corrected chi connectivity index (χ0v) is 15.2. The molecule has 3 N–H and O–H groups in total. The van der Waals surface area contributed by atoms with Crippen molar-refractivity contribution in [2.24, 2.45) is 4.99 Å². The van der Waals surface area contributed by atoms with Crippen LogP contribution >= 0.6 is 0 Å². The number of hydrogen-bond acceptors (Lipinski definition) is 5. The Morgan fingerprint density at radius 1 is 1.32 bits per heavy atom. The van der Waals surface area contributed by atoms with Crippen molar-refractivity contribution >= 4 is 5.96 Å². The summed E-state index contributed by atoms with van der Waals surface area (Å²) in [5, 5.41) is 16.5. The molecule has 1 aromatic heterocycles. The van der Waals surface area contributed by atoms with Gasteiger partial charge in [0.15, 0.2) is 17.5 Å². The van der Waals surface area contributed by atoms with Gasteiger partial charge in [-0.3, -0.25) is 0 Å². The number of benzene rings is 1. The second-order valence-corrected chi connectivity index (χ2v) is 5.59. The van der Waals surface area contributed by atoms with Crippen LogP contribution in [0.15, 0.2) is 27.6 Å². The van der Waals surface area contributed by atoms with E-state index in [1.165, 1.54) is 0 Å². The van der Waals surface area contributed by atoms with Gasteiger partial charge in [0.1, 0.15) is 12.3 Å². The molecule has 0 bridgehead atoms. The highest BCUT2D eigenvalue weighted by atomic mass is 16.5. The number of para-hydroxylation sites is 1. The van der Waals surface area contributed by atoms with Crippen molar-refractivity contribution in [3.63, 3.8) is 0 Å². The quantitative estimate of drug-likeness (QED) is 0.526. The highest BCUT2D eigenvalue weighted by Gasteiger charge is 2.08. The minimum atomic E-state index is 0.180. The lowest BCUT2D eigenvalue weighted by Gasteiger charge is -2.12. The molecule has 0 atom stereocenters. The SMILES string of the molecule is CCNC(=NCc1nc(C)c(C)o1)NCCc1cccc(OC)c1O. The third kappa shape index (κ3) is 5.14. The average Bonchev–Trinajstić information content (AvgIpc) is 2.92. The Labute approximate surface area is 148 Å². The first-order valence-electron chi connectivity index (χ1n) is 8.35. The Balaban J connectivity index is 1.94. The third-order valence-corrected chi connectivity index (χ3v) is 3.78. The van der Waals surface area contributed by atoms with Gasteiger partial charge in [0.2, 0.25) is 5.89 Å². The third-order valence-electron chi connectivity index (χ3n) is 3.78. The van der Waals surface area contributed by atoms with Gasteiger partial charge in [-0.25, -0.2) is 9.98 Å². The molecular weight excluding hydrogens is 320 g/mol. The van der Waals surface area contributed by atoms with E-state index < -0.39 is 0 Å². The first-order valence-corrected chi connectivity index (χ1v) is 8.35. The van der Waals surface area contributed by atoms with E-state index in [2.05, 4.69) is 20.6 Å². The molecular formula is C18H26N4O3. The van der Waals surface area contributed by atoms with Crippen molar-refractivity contribution in [1.29, 1.82) is 0 Å². The molecule has 0 saturated carbocycles. The van der Waals surface area contributed by atoms with Gasteiger partial charge in [0, 0.05) is 13.1 Å². The molecule has 0 aliphatic carbocycles. The summed E-state index contributed by atoms with van der Waals surface area (Å²) < 4.78 is 10.7. The first kappa shape index (κ1) is 18.6. The van der Waals surface area contributed by atoms with Crippen LogP contribution in [0.25, 0.3) is 0 Å². The van der Waals surface area contributed by atoms with E-state index in [9.17, 15) is 5.11 Å². The number of ether oxygens (including phenoxy) is 1. The molecule has 0 amide bonds. The van der Waals surface area contributed by atoms with E-state index in [4.69, 9.17) is 9.15 Å². The standard InChI is InChI=1S/C18H26N4O3/c1-5-19-18(21-11-16-22-12(2)13(3)25-16)20-10-9-14-7-6-8-15(24-4)17(14)23/h6-8,23H,5,9-11H2,1-4H3,(H2,19,20,21). The van der Waals surface area contributed by atoms with Crippen LogP contribution in [0.3, 0.4) is 0 Å². The summed E-state index contributed by atoms with van der Waals surface area (Å²) in [5.74, 6) is 2.75. The number of aryl methyl sites for hydroxylation is 2. The Bertz CT molecular complexity index is 706. The first-order chi connectivity index (χ1) is 12.0. The van der Waals surface area contributed by atoms with E-state index in [0.717, 1.165) is 23.6 Å². The summed E-state index contributed by atoms with van der Waals surface area (Å²) >= 11 is 0. The zero-order chi connectivity index (χ0) is 18.2. The molecule has 2 rings (SSSR count). The number of aromatic nitrogens is 1. The monoisotopic (exact) mass is 346 g/mol. The number of aliphatic imine (C=N–C) groups is 1. The maximum atomic E-state index is 10.1. The Morgan fingerprint density at radius 3 is 2.76 bits per heavy atom. The predicted octanol–water partition coefficient (Wildman–Crippen LogP) is 2.30. The van der Waals surface area contributed by atoms with Crippen LogP contribution in [0.2, 0.25) is 0 Å². The lowest BCUT2D eigenvalue weighted by molar-refractivity contribution is 0.370. The lowest BCUT2D eigenvalue weighted by atomic mass is 10.1.